The Morgan fingerprint density at radius 1 is 1.07 bits per heavy atom. The van der Waals surface area contributed by atoms with Gasteiger partial charge in [-0.25, -0.2) is 4.79 Å². The van der Waals surface area contributed by atoms with Gasteiger partial charge in [0, 0.05) is 28.9 Å². The molecule has 30 heavy (non-hydrogen) atoms. The van der Waals surface area contributed by atoms with Crippen LogP contribution < -0.4 is 14.8 Å². The molecule has 0 saturated carbocycles. The highest BCUT2D eigenvalue weighted by atomic mass is 16.5. The zero-order valence-corrected chi connectivity index (χ0v) is 16.5. The summed E-state index contributed by atoms with van der Waals surface area (Å²) in [5.74, 6) is -0.504. The number of hydrogen-bond acceptors (Lipinski definition) is 4. The molecule has 1 atom stereocenters. The number of ether oxygens (including phenoxy) is 2. The summed E-state index contributed by atoms with van der Waals surface area (Å²) in [6.45, 7) is 0. The molecule has 0 fully saturated rings. The van der Waals surface area contributed by atoms with Gasteiger partial charge in [0.25, 0.3) is 5.91 Å². The van der Waals surface area contributed by atoms with Crippen molar-refractivity contribution in [2.45, 2.75) is 12.5 Å². The number of amides is 1. The molecular weight excluding hydrogens is 386 g/mol. The number of rotatable bonds is 7. The van der Waals surface area contributed by atoms with Gasteiger partial charge in [-0.1, -0.05) is 18.2 Å². The van der Waals surface area contributed by atoms with E-state index in [1.165, 1.54) is 14.2 Å². The number of carboxylic acids is 1. The second-order valence-electron chi connectivity index (χ2n) is 6.87. The summed E-state index contributed by atoms with van der Waals surface area (Å²) in [5.41, 5.74) is 2.56. The van der Waals surface area contributed by atoms with Crippen LogP contribution in [0.3, 0.4) is 0 Å². The van der Waals surface area contributed by atoms with Crippen LogP contribution in [0.4, 0.5) is 0 Å². The quantitative estimate of drug-likeness (QED) is 0.376. The molecule has 8 heteroatoms. The Balaban J connectivity index is 1.61. The van der Waals surface area contributed by atoms with Crippen molar-refractivity contribution in [3.8, 4) is 11.5 Å². The van der Waals surface area contributed by atoms with Gasteiger partial charge in [-0.05, 0) is 29.8 Å². The molecule has 0 bridgehead atoms. The molecule has 0 radical (unpaired) electrons. The van der Waals surface area contributed by atoms with Crippen molar-refractivity contribution in [2.75, 3.05) is 14.2 Å². The van der Waals surface area contributed by atoms with Crippen molar-refractivity contribution in [1.82, 2.24) is 15.3 Å². The summed E-state index contributed by atoms with van der Waals surface area (Å²) in [7, 11) is 3.07. The van der Waals surface area contributed by atoms with E-state index < -0.39 is 17.9 Å². The minimum absolute atomic E-state index is 0.151. The first kappa shape index (κ1) is 19.4. The van der Waals surface area contributed by atoms with E-state index in [1.54, 1.807) is 24.4 Å². The number of fused-ring (bicyclic) bond motifs is 2. The van der Waals surface area contributed by atoms with Gasteiger partial charge in [0.1, 0.15) is 23.2 Å². The van der Waals surface area contributed by atoms with Gasteiger partial charge in [0.2, 0.25) is 0 Å². The average molecular weight is 407 g/mol. The van der Waals surface area contributed by atoms with Crippen molar-refractivity contribution in [3.63, 3.8) is 0 Å². The lowest BCUT2D eigenvalue weighted by Crippen LogP contribution is -2.42. The number of para-hydroxylation sites is 1. The van der Waals surface area contributed by atoms with Crippen LogP contribution in [0.25, 0.3) is 21.8 Å². The van der Waals surface area contributed by atoms with E-state index in [4.69, 9.17) is 9.47 Å². The number of methoxy groups -OCH3 is 2. The van der Waals surface area contributed by atoms with E-state index in [0.717, 1.165) is 16.5 Å². The summed E-state index contributed by atoms with van der Waals surface area (Å²) < 4.78 is 10.7. The molecule has 2 aromatic carbocycles. The highest BCUT2D eigenvalue weighted by molar-refractivity contribution is 6.02. The van der Waals surface area contributed by atoms with Crippen molar-refractivity contribution in [1.29, 1.82) is 0 Å². The SMILES string of the molecule is COc1ccc(OC)c2[nH]c(C(=O)N[C@@H](Cc3c[nH]c4ccccc34)C(=O)O)cc12. The standard InChI is InChI=1S/C22H21N3O5/c1-29-18-7-8-19(30-2)20-14(18)10-16(24-20)21(26)25-17(22(27)28)9-12-11-23-15-6-4-3-5-13(12)15/h3-8,10-11,17,23-24H,9H2,1-2H3,(H,25,26)(H,27,28)/t17-/m0/s1. The second kappa shape index (κ2) is 7.82. The number of benzene rings is 2. The Morgan fingerprint density at radius 2 is 1.80 bits per heavy atom. The fraction of sp³-hybridized carbons (Fsp3) is 0.182. The number of hydrogen-bond donors (Lipinski definition) is 4. The predicted molar refractivity (Wildman–Crippen MR) is 112 cm³/mol. The number of carbonyl (C=O) groups excluding carboxylic acids is 1. The van der Waals surface area contributed by atoms with Gasteiger partial charge in [-0.15, -0.1) is 0 Å². The maximum absolute atomic E-state index is 12.8. The Labute approximate surface area is 171 Å². The average Bonchev–Trinajstić information content (AvgIpc) is 3.37. The van der Waals surface area contributed by atoms with Crippen LogP contribution in [-0.2, 0) is 11.2 Å². The first-order chi connectivity index (χ1) is 14.5. The third-order valence-electron chi connectivity index (χ3n) is 5.10. The van der Waals surface area contributed by atoms with E-state index in [9.17, 15) is 14.7 Å². The molecule has 154 valence electrons. The largest absolute Gasteiger partial charge is 0.496 e. The second-order valence-corrected chi connectivity index (χ2v) is 6.87. The molecule has 4 aromatic rings. The molecular formula is C22H21N3O5. The van der Waals surface area contributed by atoms with Crippen LogP contribution >= 0.6 is 0 Å². The van der Waals surface area contributed by atoms with Crippen molar-refractivity contribution in [3.05, 3.63) is 59.9 Å². The Bertz CT molecular complexity index is 1200. The van der Waals surface area contributed by atoms with Gasteiger partial charge in [0.05, 0.1) is 19.7 Å². The van der Waals surface area contributed by atoms with Gasteiger partial charge < -0.3 is 29.9 Å². The minimum atomic E-state index is -1.11. The van der Waals surface area contributed by atoms with E-state index in [-0.39, 0.29) is 12.1 Å². The predicted octanol–water partition coefficient (Wildman–Crippen LogP) is 3.09. The summed E-state index contributed by atoms with van der Waals surface area (Å²) in [6.07, 6.45) is 1.92. The number of nitrogens with one attached hydrogen (secondary N) is 3. The third-order valence-corrected chi connectivity index (χ3v) is 5.10. The highest BCUT2D eigenvalue weighted by Gasteiger charge is 2.24. The van der Waals surface area contributed by atoms with E-state index in [2.05, 4.69) is 15.3 Å². The molecule has 0 saturated heterocycles. The Hall–Kier alpha value is -3.94. The first-order valence-electron chi connectivity index (χ1n) is 9.34. The monoisotopic (exact) mass is 407 g/mol. The Morgan fingerprint density at radius 3 is 2.53 bits per heavy atom. The van der Waals surface area contributed by atoms with Crippen molar-refractivity contribution in [2.24, 2.45) is 0 Å². The highest BCUT2D eigenvalue weighted by Crippen LogP contribution is 2.33. The van der Waals surface area contributed by atoms with Crippen LogP contribution in [0, 0.1) is 0 Å². The van der Waals surface area contributed by atoms with E-state index >= 15 is 0 Å². The fourth-order valence-corrected chi connectivity index (χ4v) is 3.59. The maximum Gasteiger partial charge on any atom is 0.326 e. The molecule has 1 amide bonds. The molecule has 0 spiro atoms. The number of carboxylic acid groups (broad SMARTS) is 1. The van der Waals surface area contributed by atoms with Gasteiger partial charge in [0.15, 0.2) is 0 Å². The summed E-state index contributed by atoms with van der Waals surface area (Å²) >= 11 is 0. The minimum Gasteiger partial charge on any atom is -0.496 e. The fourth-order valence-electron chi connectivity index (χ4n) is 3.59. The zero-order chi connectivity index (χ0) is 21.3. The third kappa shape index (κ3) is 3.43. The normalized spacial score (nSPS) is 12.1. The summed E-state index contributed by atoms with van der Waals surface area (Å²) in [6, 6.07) is 11.6. The van der Waals surface area contributed by atoms with Crippen molar-refractivity contribution < 1.29 is 24.2 Å². The molecule has 0 aliphatic carbocycles. The van der Waals surface area contributed by atoms with Gasteiger partial charge in [-0.2, -0.15) is 0 Å². The number of aromatic amines is 2. The molecule has 0 aliphatic heterocycles. The van der Waals surface area contributed by atoms with Crippen LogP contribution in [0.15, 0.2) is 48.7 Å². The van der Waals surface area contributed by atoms with Gasteiger partial charge >= 0.3 is 5.97 Å². The Kier molecular flexibility index (Phi) is 5.05. The maximum atomic E-state index is 12.8. The summed E-state index contributed by atoms with van der Waals surface area (Å²) in [4.78, 5) is 30.8. The smallest absolute Gasteiger partial charge is 0.326 e. The number of carbonyl (C=O) groups is 2. The number of H-pyrrole nitrogens is 2. The van der Waals surface area contributed by atoms with Crippen LogP contribution in [0.2, 0.25) is 0 Å². The number of aliphatic carboxylic acids is 1. The topological polar surface area (TPSA) is 116 Å². The van der Waals surface area contributed by atoms with Gasteiger partial charge in [-0.3, -0.25) is 4.79 Å². The molecule has 4 N–H and O–H groups in total. The van der Waals surface area contributed by atoms with Crippen LogP contribution in [-0.4, -0.2) is 47.2 Å². The van der Waals surface area contributed by atoms with Crippen LogP contribution in [0.5, 0.6) is 11.5 Å². The molecule has 8 nitrogen and oxygen atoms in total. The van der Waals surface area contributed by atoms with E-state index in [1.807, 2.05) is 24.3 Å². The molecule has 4 rings (SSSR count). The molecule has 2 heterocycles. The zero-order valence-electron chi connectivity index (χ0n) is 16.5. The lowest BCUT2D eigenvalue weighted by atomic mass is 10.0. The van der Waals surface area contributed by atoms with Crippen LogP contribution in [0.1, 0.15) is 16.1 Å². The van der Waals surface area contributed by atoms with E-state index in [0.29, 0.717) is 22.4 Å². The molecule has 0 unspecified atom stereocenters. The lowest BCUT2D eigenvalue weighted by molar-refractivity contribution is -0.139. The van der Waals surface area contributed by atoms with Crippen molar-refractivity contribution >= 4 is 33.7 Å². The molecule has 0 aliphatic rings. The lowest BCUT2D eigenvalue weighted by Gasteiger charge is -2.13. The number of aromatic nitrogens is 2. The summed E-state index contributed by atoms with van der Waals surface area (Å²) in [5, 5.41) is 13.9. The first-order valence-corrected chi connectivity index (χ1v) is 9.34. The molecule has 2 aromatic heterocycles.